The maximum Gasteiger partial charge on any atom is 0.251 e. The molecule has 4 rings (SSSR count). The van der Waals surface area contributed by atoms with Gasteiger partial charge in [-0.3, -0.25) is 9.59 Å². The van der Waals surface area contributed by atoms with E-state index in [2.05, 4.69) is 15.7 Å². The third kappa shape index (κ3) is 3.58. The number of para-hydroxylation sites is 1. The lowest BCUT2D eigenvalue weighted by Crippen LogP contribution is -2.24. The largest absolute Gasteiger partial charge is 0.326 e. The van der Waals surface area contributed by atoms with Crippen molar-refractivity contribution in [2.24, 2.45) is 0 Å². The van der Waals surface area contributed by atoms with E-state index in [0.29, 0.717) is 12.2 Å². The van der Waals surface area contributed by atoms with E-state index in [1.165, 1.54) is 12.1 Å². The maximum atomic E-state index is 13.4. The van der Waals surface area contributed by atoms with Gasteiger partial charge in [-0.25, -0.2) is 9.07 Å². The van der Waals surface area contributed by atoms with Gasteiger partial charge in [-0.05, 0) is 42.2 Å². The van der Waals surface area contributed by atoms with Crippen molar-refractivity contribution in [2.45, 2.75) is 39.2 Å². The monoisotopic (exact) mass is 406 g/mol. The number of nitrogens with one attached hydrogen (secondary N) is 2. The molecule has 0 spiro atoms. The Balaban J connectivity index is 1.61. The van der Waals surface area contributed by atoms with Crippen LogP contribution in [-0.2, 0) is 22.4 Å². The highest BCUT2D eigenvalue weighted by Gasteiger charge is 2.36. The van der Waals surface area contributed by atoms with Crippen LogP contribution in [0.3, 0.4) is 0 Å². The summed E-state index contributed by atoms with van der Waals surface area (Å²) in [7, 11) is 0. The number of nitrogens with zero attached hydrogens (tertiary/aromatic N) is 2. The second-order valence-corrected chi connectivity index (χ2v) is 7.24. The van der Waals surface area contributed by atoms with Gasteiger partial charge in [0.15, 0.2) is 0 Å². The number of aromatic nitrogens is 2. The Bertz CT molecular complexity index is 1100. The second-order valence-electron chi connectivity index (χ2n) is 7.24. The molecule has 30 heavy (non-hydrogen) atoms. The predicted molar refractivity (Wildman–Crippen MR) is 114 cm³/mol. The summed E-state index contributed by atoms with van der Waals surface area (Å²) in [6.07, 6.45) is 1.42. The van der Waals surface area contributed by atoms with Crippen LogP contribution in [0.2, 0.25) is 0 Å². The molecule has 0 saturated carbocycles. The van der Waals surface area contributed by atoms with Crippen molar-refractivity contribution in [3.8, 4) is 11.1 Å². The van der Waals surface area contributed by atoms with E-state index < -0.39 is 6.04 Å². The molecule has 1 aliphatic rings. The topological polar surface area (TPSA) is 76.0 Å². The van der Waals surface area contributed by atoms with Crippen LogP contribution in [0.5, 0.6) is 0 Å². The average Bonchev–Trinajstić information content (AvgIpc) is 3.24. The molecule has 0 bridgehead atoms. The fourth-order valence-electron chi connectivity index (χ4n) is 3.81. The Hall–Kier alpha value is -3.48. The van der Waals surface area contributed by atoms with E-state index in [9.17, 15) is 14.0 Å². The second kappa shape index (κ2) is 8.10. The summed E-state index contributed by atoms with van der Waals surface area (Å²) in [5.41, 5.74) is 4.12. The molecule has 3 aromatic rings. The van der Waals surface area contributed by atoms with Gasteiger partial charge < -0.3 is 10.6 Å². The van der Waals surface area contributed by atoms with E-state index in [1.54, 1.807) is 16.8 Å². The third-order valence-electron chi connectivity index (χ3n) is 5.34. The number of amides is 2. The molecule has 1 unspecified atom stereocenters. The number of hydrogen-bond donors (Lipinski definition) is 2. The molecule has 0 saturated heterocycles. The zero-order valence-corrected chi connectivity index (χ0v) is 16.9. The SMILES string of the molecule is CCc1ccccc1NC(=O)CC1C(=O)Nc2c(-c3ccc(F)cc3)c(CC)nn21. The van der Waals surface area contributed by atoms with Crippen molar-refractivity contribution < 1.29 is 14.0 Å². The molecule has 7 heteroatoms. The lowest BCUT2D eigenvalue weighted by atomic mass is 10.0. The molecule has 6 nitrogen and oxygen atoms in total. The molecule has 0 fully saturated rings. The highest BCUT2D eigenvalue weighted by molar-refractivity contribution is 6.04. The molecular formula is C23H23FN4O2. The summed E-state index contributed by atoms with van der Waals surface area (Å²) in [5, 5.41) is 10.4. The average molecular weight is 406 g/mol. The van der Waals surface area contributed by atoms with Crippen LogP contribution in [-0.4, -0.2) is 21.6 Å². The van der Waals surface area contributed by atoms with Gasteiger partial charge in [0.1, 0.15) is 17.7 Å². The van der Waals surface area contributed by atoms with E-state index in [1.807, 2.05) is 38.1 Å². The van der Waals surface area contributed by atoms with Crippen LogP contribution in [0, 0.1) is 5.82 Å². The molecule has 2 N–H and O–H groups in total. The van der Waals surface area contributed by atoms with Crippen molar-refractivity contribution in [3.63, 3.8) is 0 Å². The van der Waals surface area contributed by atoms with Gasteiger partial charge in [0.05, 0.1) is 12.1 Å². The summed E-state index contributed by atoms with van der Waals surface area (Å²) in [6, 6.07) is 13.0. The first kappa shape index (κ1) is 19.8. The molecule has 0 radical (unpaired) electrons. The number of anilines is 2. The molecule has 2 amide bonds. The zero-order chi connectivity index (χ0) is 21.3. The fraction of sp³-hybridized carbons (Fsp3) is 0.261. The van der Waals surface area contributed by atoms with Crippen LogP contribution in [0.15, 0.2) is 48.5 Å². The first-order chi connectivity index (χ1) is 14.5. The minimum Gasteiger partial charge on any atom is -0.326 e. The first-order valence-corrected chi connectivity index (χ1v) is 10.1. The number of fused-ring (bicyclic) bond motifs is 1. The predicted octanol–water partition coefficient (Wildman–Crippen LogP) is 4.34. The molecular weight excluding hydrogens is 383 g/mol. The van der Waals surface area contributed by atoms with Crippen LogP contribution in [0.4, 0.5) is 15.9 Å². The van der Waals surface area contributed by atoms with Gasteiger partial charge in [-0.15, -0.1) is 0 Å². The summed E-state index contributed by atoms with van der Waals surface area (Å²) in [4.78, 5) is 25.3. The van der Waals surface area contributed by atoms with Crippen molar-refractivity contribution in [1.82, 2.24) is 9.78 Å². The molecule has 1 aromatic heterocycles. The van der Waals surface area contributed by atoms with E-state index in [4.69, 9.17) is 0 Å². The van der Waals surface area contributed by atoms with Gasteiger partial charge in [-0.2, -0.15) is 5.10 Å². The first-order valence-electron chi connectivity index (χ1n) is 10.1. The van der Waals surface area contributed by atoms with Crippen LogP contribution in [0.1, 0.15) is 37.6 Å². The van der Waals surface area contributed by atoms with Crippen LogP contribution < -0.4 is 10.6 Å². The quantitative estimate of drug-likeness (QED) is 0.640. The van der Waals surface area contributed by atoms with Crippen LogP contribution in [0.25, 0.3) is 11.1 Å². The molecule has 1 aliphatic heterocycles. The Morgan fingerprint density at radius 2 is 1.87 bits per heavy atom. The van der Waals surface area contributed by atoms with Crippen molar-refractivity contribution in [1.29, 1.82) is 0 Å². The highest BCUT2D eigenvalue weighted by atomic mass is 19.1. The smallest absolute Gasteiger partial charge is 0.251 e. The van der Waals surface area contributed by atoms with E-state index >= 15 is 0 Å². The van der Waals surface area contributed by atoms with Crippen molar-refractivity contribution >= 4 is 23.3 Å². The lowest BCUT2D eigenvalue weighted by Gasteiger charge is -2.12. The lowest BCUT2D eigenvalue weighted by molar-refractivity contribution is -0.123. The summed E-state index contributed by atoms with van der Waals surface area (Å²) in [6.45, 7) is 3.99. The minimum atomic E-state index is -0.728. The van der Waals surface area contributed by atoms with Crippen molar-refractivity contribution in [3.05, 3.63) is 65.6 Å². The minimum absolute atomic E-state index is 0.0232. The Morgan fingerprint density at radius 3 is 2.57 bits per heavy atom. The fourth-order valence-corrected chi connectivity index (χ4v) is 3.81. The molecule has 2 aromatic carbocycles. The Morgan fingerprint density at radius 1 is 1.13 bits per heavy atom. The molecule has 154 valence electrons. The standard InChI is InChI=1S/C23H23FN4O2/c1-3-14-7-5-6-8-18(14)25-20(29)13-19-23(30)26-22-21(17(4-2)27-28(19)22)15-9-11-16(24)12-10-15/h5-12,19H,3-4,13H2,1-2H3,(H,25,29)(H,26,30). The number of carbonyl (C=O) groups is 2. The van der Waals surface area contributed by atoms with Gasteiger partial charge in [-0.1, -0.05) is 44.2 Å². The summed E-state index contributed by atoms with van der Waals surface area (Å²) in [5.74, 6) is -0.301. The highest BCUT2D eigenvalue weighted by Crippen LogP contribution is 2.38. The van der Waals surface area contributed by atoms with Gasteiger partial charge in [0, 0.05) is 11.3 Å². The van der Waals surface area contributed by atoms with Gasteiger partial charge in [0.2, 0.25) is 5.91 Å². The van der Waals surface area contributed by atoms with Gasteiger partial charge in [0.25, 0.3) is 5.91 Å². The number of carbonyl (C=O) groups excluding carboxylic acids is 2. The summed E-state index contributed by atoms with van der Waals surface area (Å²) >= 11 is 0. The third-order valence-corrected chi connectivity index (χ3v) is 5.34. The molecule has 0 aliphatic carbocycles. The Labute approximate surface area is 174 Å². The zero-order valence-electron chi connectivity index (χ0n) is 16.9. The normalized spacial score (nSPS) is 15.0. The number of aryl methyl sites for hydroxylation is 2. The maximum absolute atomic E-state index is 13.4. The van der Waals surface area contributed by atoms with Gasteiger partial charge >= 0.3 is 0 Å². The Kier molecular flexibility index (Phi) is 5.35. The van der Waals surface area contributed by atoms with Crippen molar-refractivity contribution in [2.75, 3.05) is 10.6 Å². The molecule has 1 atom stereocenters. The number of hydrogen-bond acceptors (Lipinski definition) is 3. The number of halogens is 1. The van der Waals surface area contributed by atoms with E-state index in [0.717, 1.165) is 34.5 Å². The van der Waals surface area contributed by atoms with Crippen LogP contribution >= 0.6 is 0 Å². The van der Waals surface area contributed by atoms with E-state index in [-0.39, 0.29) is 24.1 Å². The molecule has 2 heterocycles. The number of rotatable bonds is 6. The summed E-state index contributed by atoms with van der Waals surface area (Å²) < 4.78 is 14.9. The number of benzene rings is 2.